The quantitative estimate of drug-likeness (QED) is 0.165. The molecule has 7 aromatic rings. The molecule has 0 N–H and O–H groups in total. The average Bonchev–Trinajstić information content (AvgIpc) is 3.60. The lowest BCUT2D eigenvalue weighted by Gasteiger charge is -2.46. The summed E-state index contributed by atoms with van der Waals surface area (Å²) < 4.78 is 7.45. The number of hydrogen-bond donors (Lipinski definition) is 0. The van der Waals surface area contributed by atoms with Gasteiger partial charge in [-0.05, 0) is 171 Å². The van der Waals surface area contributed by atoms with Crippen molar-refractivity contribution < 1.29 is 4.42 Å². The van der Waals surface area contributed by atoms with Crippen LogP contribution in [0, 0.1) is 20.8 Å². The molecule has 1 aromatic heterocycles. The predicted octanol–water partition coefficient (Wildman–Crippen LogP) is 15.3. The number of aryl methyl sites for hydroxylation is 3. The Kier molecular flexibility index (Phi) is 9.53. The largest absolute Gasteiger partial charge is 0.468 e. The molecule has 3 nitrogen and oxygen atoms in total. The molecule has 0 unspecified atom stereocenters. The zero-order chi connectivity index (χ0) is 46.5. The van der Waals surface area contributed by atoms with Crippen molar-refractivity contribution in [3.05, 3.63) is 148 Å². The van der Waals surface area contributed by atoms with Crippen LogP contribution >= 0.6 is 0 Å². The molecule has 332 valence electrons. The molecule has 0 atom stereocenters. The Hall–Kier alpha value is -5.48. The first kappa shape index (κ1) is 43.4. The summed E-state index contributed by atoms with van der Waals surface area (Å²) in [5.41, 5.74) is 25.0. The number of nitrogens with zero attached hydrogens (tertiary/aromatic N) is 2. The minimum absolute atomic E-state index is 0.0220. The molecular formula is C61H69BN2O. The van der Waals surface area contributed by atoms with E-state index < -0.39 is 0 Å². The van der Waals surface area contributed by atoms with Gasteiger partial charge in [0.2, 0.25) is 0 Å². The monoisotopic (exact) mass is 857 g/mol. The zero-order valence-electron chi connectivity index (χ0n) is 42.1. The Morgan fingerprint density at radius 2 is 1.08 bits per heavy atom. The maximum absolute atomic E-state index is 7.45. The number of anilines is 6. The molecule has 2 aliphatic heterocycles. The summed E-state index contributed by atoms with van der Waals surface area (Å²) in [5.74, 6) is 0. The normalized spacial score (nSPS) is 16.3. The van der Waals surface area contributed by atoms with Crippen molar-refractivity contribution in [2.75, 3.05) is 9.80 Å². The number of hydrogen-bond acceptors (Lipinski definition) is 3. The lowest BCUT2D eigenvalue weighted by Crippen LogP contribution is -2.61. The van der Waals surface area contributed by atoms with E-state index in [0.29, 0.717) is 0 Å². The minimum atomic E-state index is -0.128. The lowest BCUT2D eigenvalue weighted by atomic mass is 9.35. The number of rotatable bonds is 3. The fourth-order valence-electron chi connectivity index (χ4n) is 11.2. The van der Waals surface area contributed by atoms with Crippen molar-refractivity contribution in [1.29, 1.82) is 0 Å². The first-order chi connectivity index (χ1) is 30.3. The highest BCUT2D eigenvalue weighted by Crippen LogP contribution is 2.54. The number of furan rings is 1. The van der Waals surface area contributed by atoms with Crippen LogP contribution in [0.25, 0.3) is 22.1 Å². The summed E-state index contributed by atoms with van der Waals surface area (Å²) in [4.78, 5) is 5.19. The van der Waals surface area contributed by atoms with Crippen LogP contribution < -0.4 is 26.4 Å². The molecule has 0 amide bonds. The van der Waals surface area contributed by atoms with Crippen LogP contribution in [0.3, 0.4) is 0 Å². The summed E-state index contributed by atoms with van der Waals surface area (Å²) in [5, 5.41) is 1.15. The van der Waals surface area contributed by atoms with Crippen molar-refractivity contribution >= 4 is 68.4 Å². The van der Waals surface area contributed by atoms with Crippen LogP contribution in [-0.2, 0) is 27.1 Å². The molecular weight excluding hydrogens is 787 g/mol. The molecule has 1 aliphatic carbocycles. The fourth-order valence-corrected chi connectivity index (χ4v) is 11.2. The Morgan fingerprint density at radius 1 is 0.508 bits per heavy atom. The van der Waals surface area contributed by atoms with Crippen LogP contribution in [-0.4, -0.2) is 6.71 Å². The summed E-state index contributed by atoms with van der Waals surface area (Å²) >= 11 is 0. The van der Waals surface area contributed by atoms with Crippen molar-refractivity contribution in [1.82, 2.24) is 0 Å². The number of benzene rings is 6. The van der Waals surface area contributed by atoms with Gasteiger partial charge in [-0.25, -0.2) is 0 Å². The van der Waals surface area contributed by atoms with Gasteiger partial charge in [0, 0.05) is 33.7 Å². The molecule has 65 heavy (non-hydrogen) atoms. The molecule has 4 heteroatoms. The Labute approximate surface area is 390 Å². The highest BCUT2D eigenvalue weighted by molar-refractivity contribution is 7.00. The Morgan fingerprint density at radius 3 is 1.71 bits per heavy atom. The van der Waals surface area contributed by atoms with Crippen molar-refractivity contribution in [2.24, 2.45) is 0 Å². The molecule has 0 radical (unpaired) electrons. The minimum Gasteiger partial charge on any atom is -0.468 e. The van der Waals surface area contributed by atoms with E-state index >= 15 is 0 Å². The van der Waals surface area contributed by atoms with E-state index in [2.05, 4.69) is 224 Å². The van der Waals surface area contributed by atoms with Crippen LogP contribution in [0.1, 0.15) is 147 Å². The molecule has 0 fully saturated rings. The van der Waals surface area contributed by atoms with Crippen molar-refractivity contribution in [3.8, 4) is 11.1 Å². The second kappa shape index (κ2) is 14.3. The van der Waals surface area contributed by atoms with Crippen LogP contribution in [0.15, 0.2) is 108 Å². The first-order valence-corrected chi connectivity index (χ1v) is 24.2. The van der Waals surface area contributed by atoms with Gasteiger partial charge < -0.3 is 14.2 Å². The van der Waals surface area contributed by atoms with E-state index in [1.807, 2.05) is 0 Å². The lowest BCUT2D eigenvalue weighted by molar-refractivity contribution is 0.332. The Bertz CT molecular complexity index is 3080. The summed E-state index contributed by atoms with van der Waals surface area (Å²) in [6, 6.07) is 40.7. The average molecular weight is 857 g/mol. The third-order valence-electron chi connectivity index (χ3n) is 15.4. The van der Waals surface area contributed by atoms with Gasteiger partial charge in [-0.3, -0.25) is 0 Å². The van der Waals surface area contributed by atoms with Crippen molar-refractivity contribution in [3.63, 3.8) is 0 Å². The molecule has 10 rings (SSSR count). The fraction of sp³-hybridized carbons (Fsp3) is 0.377. The van der Waals surface area contributed by atoms with Gasteiger partial charge in [0.25, 0.3) is 6.71 Å². The zero-order valence-corrected chi connectivity index (χ0v) is 42.1. The third kappa shape index (κ3) is 6.91. The molecule has 0 spiro atoms. The topological polar surface area (TPSA) is 19.6 Å². The third-order valence-corrected chi connectivity index (χ3v) is 15.4. The molecule has 3 aliphatic rings. The first-order valence-electron chi connectivity index (χ1n) is 24.2. The van der Waals surface area contributed by atoms with Gasteiger partial charge in [-0.2, -0.15) is 0 Å². The van der Waals surface area contributed by atoms with Gasteiger partial charge in [0.1, 0.15) is 5.58 Å². The maximum Gasteiger partial charge on any atom is 0.297 e. The van der Waals surface area contributed by atoms with E-state index in [1.165, 1.54) is 89.3 Å². The van der Waals surface area contributed by atoms with E-state index in [1.54, 1.807) is 0 Å². The summed E-state index contributed by atoms with van der Waals surface area (Å²) in [7, 11) is 0. The van der Waals surface area contributed by atoms with Gasteiger partial charge in [0.15, 0.2) is 0 Å². The van der Waals surface area contributed by atoms with E-state index in [9.17, 15) is 0 Å². The van der Waals surface area contributed by atoms with E-state index in [0.717, 1.165) is 40.8 Å². The van der Waals surface area contributed by atoms with Crippen LogP contribution in [0.4, 0.5) is 34.1 Å². The Balaban J connectivity index is 1.35. The SMILES string of the molecule is Cc1ccc(C)c(-c2cc3c(cc2N2c4ccc(C(C)(C)C)cc4B4c5oc6cc(C(C)(C)C)ccc6c5N(c5ccc(C(C)(C)C)cc5)c5cc(C)cc2c54)C(C)(C)CCC3(C)C)c1. The standard InChI is InChI=1S/C61H69BN2O/c1-36-17-18-38(3)44(29-36)45-34-46-47(61(15,16)28-27-60(46,13)14)35-50(45)64-49-26-22-40(58(7,8)9)32-48(49)62-54-51(30-37(2)31-52(54)64)63(42-23-19-39(20-24-42)57(4,5)6)55-43-25-21-41(59(10,11)12)33-53(43)65-56(55)62/h17-26,29-35H,27-28H2,1-16H3. The van der Waals surface area contributed by atoms with Gasteiger partial charge in [-0.1, -0.05) is 144 Å². The smallest absolute Gasteiger partial charge is 0.297 e. The van der Waals surface area contributed by atoms with E-state index in [4.69, 9.17) is 4.42 Å². The summed E-state index contributed by atoms with van der Waals surface area (Å²) in [6.45, 7) is 37.3. The number of fused-ring (bicyclic) bond motifs is 7. The second-order valence-electron chi connectivity index (χ2n) is 24.4. The van der Waals surface area contributed by atoms with Crippen LogP contribution in [0.2, 0.25) is 0 Å². The summed E-state index contributed by atoms with van der Waals surface area (Å²) in [6.07, 6.45) is 2.31. The predicted molar refractivity (Wildman–Crippen MR) is 281 cm³/mol. The molecule has 0 saturated carbocycles. The van der Waals surface area contributed by atoms with Gasteiger partial charge in [0.05, 0.1) is 17.0 Å². The van der Waals surface area contributed by atoms with E-state index in [-0.39, 0.29) is 33.8 Å². The highest BCUT2D eigenvalue weighted by atomic mass is 16.3. The van der Waals surface area contributed by atoms with Crippen LogP contribution in [0.5, 0.6) is 0 Å². The maximum atomic E-state index is 7.45. The van der Waals surface area contributed by atoms with Gasteiger partial charge >= 0.3 is 0 Å². The molecule has 0 bridgehead atoms. The molecule has 3 heterocycles. The van der Waals surface area contributed by atoms with Gasteiger partial charge in [-0.15, -0.1) is 0 Å². The molecule has 6 aromatic carbocycles. The molecule has 0 saturated heterocycles. The van der Waals surface area contributed by atoms with Crippen molar-refractivity contribution in [2.45, 2.75) is 151 Å². The highest BCUT2D eigenvalue weighted by Gasteiger charge is 2.48. The second-order valence-corrected chi connectivity index (χ2v) is 24.4.